The van der Waals surface area contributed by atoms with Gasteiger partial charge in [-0.1, -0.05) is 36.3 Å². The lowest BCUT2D eigenvalue weighted by Gasteiger charge is -2.37. The van der Waals surface area contributed by atoms with Crippen molar-refractivity contribution in [2.45, 2.75) is 50.1 Å². The van der Waals surface area contributed by atoms with Crippen LogP contribution in [-0.2, 0) is 10.0 Å². The first-order valence-corrected chi connectivity index (χ1v) is 9.10. The largest absolute Gasteiger partial charge is 0.389 e. The lowest BCUT2D eigenvalue weighted by molar-refractivity contribution is 0.204. The molecule has 0 spiro atoms. The van der Waals surface area contributed by atoms with Crippen LogP contribution in [0.3, 0.4) is 0 Å². The van der Waals surface area contributed by atoms with Crippen molar-refractivity contribution in [2.24, 2.45) is 5.73 Å². The van der Waals surface area contributed by atoms with Crippen LogP contribution in [0.25, 0.3) is 0 Å². The van der Waals surface area contributed by atoms with E-state index < -0.39 is 10.0 Å². The molecule has 4 nitrogen and oxygen atoms in total. The van der Waals surface area contributed by atoms with Crippen LogP contribution in [-0.4, -0.2) is 29.8 Å². The number of thiocarbonyl (C=S) groups is 1. The number of piperidine rings is 1. The first-order valence-electron chi connectivity index (χ1n) is 6.88. The number of hydrogen-bond acceptors (Lipinski definition) is 3. The van der Waals surface area contributed by atoms with E-state index in [0.29, 0.717) is 5.56 Å². The van der Waals surface area contributed by atoms with Gasteiger partial charge in [-0.3, -0.25) is 0 Å². The second-order valence-electron chi connectivity index (χ2n) is 5.47. The molecule has 2 rings (SSSR count). The Labute approximate surface area is 136 Å². The van der Waals surface area contributed by atoms with E-state index in [1.54, 1.807) is 10.4 Å². The highest BCUT2D eigenvalue weighted by atomic mass is 35.5. The van der Waals surface area contributed by atoms with E-state index in [9.17, 15) is 8.42 Å². The molecule has 1 fully saturated rings. The van der Waals surface area contributed by atoms with Crippen LogP contribution in [0.2, 0.25) is 5.02 Å². The maximum absolute atomic E-state index is 12.9. The zero-order chi connectivity index (χ0) is 15.8. The van der Waals surface area contributed by atoms with Crippen molar-refractivity contribution in [2.75, 3.05) is 0 Å². The average Bonchev–Trinajstić information content (AvgIpc) is 2.37. The van der Waals surface area contributed by atoms with Crippen LogP contribution in [0.1, 0.15) is 38.7 Å². The molecule has 1 aromatic rings. The molecule has 0 unspecified atom stereocenters. The van der Waals surface area contributed by atoms with E-state index in [4.69, 9.17) is 29.6 Å². The van der Waals surface area contributed by atoms with Gasteiger partial charge in [0, 0.05) is 17.6 Å². The molecule has 0 bridgehead atoms. The van der Waals surface area contributed by atoms with Crippen LogP contribution < -0.4 is 5.73 Å². The van der Waals surface area contributed by atoms with E-state index in [0.717, 1.165) is 19.3 Å². The summed E-state index contributed by atoms with van der Waals surface area (Å²) in [6.45, 7) is 3.87. The zero-order valence-electron chi connectivity index (χ0n) is 12.0. The van der Waals surface area contributed by atoms with E-state index >= 15 is 0 Å². The molecule has 1 aliphatic heterocycles. The highest BCUT2D eigenvalue weighted by Gasteiger charge is 2.36. The molecule has 0 saturated carbocycles. The number of hydrogen-bond donors (Lipinski definition) is 1. The van der Waals surface area contributed by atoms with Crippen LogP contribution in [0.15, 0.2) is 23.1 Å². The molecular formula is C14H19ClN2O2S2. The number of nitrogens with zero attached hydrogens (tertiary/aromatic N) is 1. The fourth-order valence-corrected chi connectivity index (χ4v) is 5.38. The maximum atomic E-state index is 12.9. The molecule has 0 radical (unpaired) electrons. The topological polar surface area (TPSA) is 63.4 Å². The van der Waals surface area contributed by atoms with Crippen molar-refractivity contribution in [3.8, 4) is 0 Å². The fourth-order valence-electron chi connectivity index (χ4n) is 2.85. The molecule has 0 aromatic heterocycles. The lowest BCUT2D eigenvalue weighted by Crippen LogP contribution is -2.47. The fraction of sp³-hybridized carbons (Fsp3) is 0.500. The Morgan fingerprint density at radius 2 is 1.90 bits per heavy atom. The van der Waals surface area contributed by atoms with Gasteiger partial charge in [-0.05, 0) is 38.8 Å². The Hall–Kier alpha value is -0.690. The van der Waals surface area contributed by atoms with Crippen molar-refractivity contribution in [3.05, 3.63) is 28.8 Å². The normalized spacial score (nSPS) is 24.0. The van der Waals surface area contributed by atoms with Gasteiger partial charge in [-0.25, -0.2) is 8.42 Å². The first kappa shape index (κ1) is 16.7. The summed E-state index contributed by atoms with van der Waals surface area (Å²) < 4.78 is 27.3. The van der Waals surface area contributed by atoms with Gasteiger partial charge in [0.15, 0.2) is 0 Å². The Morgan fingerprint density at radius 1 is 1.33 bits per heavy atom. The molecular weight excluding hydrogens is 328 g/mol. The van der Waals surface area contributed by atoms with E-state index in [1.807, 2.05) is 13.8 Å². The smallest absolute Gasteiger partial charge is 0.245 e. The highest BCUT2D eigenvalue weighted by Crippen LogP contribution is 2.32. The van der Waals surface area contributed by atoms with Gasteiger partial charge in [-0.2, -0.15) is 4.31 Å². The molecule has 1 aliphatic rings. The summed E-state index contributed by atoms with van der Waals surface area (Å²) in [4.78, 5) is 0.310. The quantitative estimate of drug-likeness (QED) is 0.855. The number of rotatable bonds is 3. The predicted molar refractivity (Wildman–Crippen MR) is 89.1 cm³/mol. The Bertz CT molecular complexity index is 651. The van der Waals surface area contributed by atoms with Crippen molar-refractivity contribution in [1.29, 1.82) is 0 Å². The van der Waals surface area contributed by atoms with E-state index in [1.165, 1.54) is 12.1 Å². The van der Waals surface area contributed by atoms with Gasteiger partial charge >= 0.3 is 0 Å². The Balaban J connectivity index is 2.46. The van der Waals surface area contributed by atoms with Gasteiger partial charge in [-0.15, -0.1) is 0 Å². The zero-order valence-corrected chi connectivity index (χ0v) is 14.4. The molecule has 21 heavy (non-hydrogen) atoms. The molecule has 2 atom stereocenters. The minimum absolute atomic E-state index is 0.0231. The molecule has 0 amide bonds. The van der Waals surface area contributed by atoms with Crippen LogP contribution >= 0.6 is 23.8 Å². The van der Waals surface area contributed by atoms with Gasteiger partial charge < -0.3 is 5.73 Å². The molecule has 0 aliphatic carbocycles. The molecule has 1 aromatic carbocycles. The predicted octanol–water partition coefficient (Wildman–Crippen LogP) is 2.93. The number of benzene rings is 1. The van der Waals surface area contributed by atoms with Gasteiger partial charge in [0.1, 0.15) is 9.88 Å². The van der Waals surface area contributed by atoms with Crippen molar-refractivity contribution >= 4 is 38.8 Å². The molecule has 116 valence electrons. The summed E-state index contributed by atoms with van der Waals surface area (Å²) in [5, 5.41) is 0.158. The monoisotopic (exact) mass is 346 g/mol. The van der Waals surface area contributed by atoms with Gasteiger partial charge in [0.05, 0.1) is 5.02 Å². The minimum atomic E-state index is -3.62. The SMILES string of the molecule is C[C@@H]1CCC[C@H](C)N1S(=O)(=O)c1ccc(C(N)=S)cc1Cl. The summed E-state index contributed by atoms with van der Waals surface area (Å²) in [6.07, 6.45) is 2.78. The van der Waals surface area contributed by atoms with E-state index in [2.05, 4.69) is 0 Å². The summed E-state index contributed by atoms with van der Waals surface area (Å²) in [7, 11) is -3.62. The summed E-state index contributed by atoms with van der Waals surface area (Å²) in [5.74, 6) is 0. The Morgan fingerprint density at radius 3 is 2.38 bits per heavy atom. The van der Waals surface area contributed by atoms with Crippen LogP contribution in [0.4, 0.5) is 0 Å². The third-order valence-corrected chi connectivity index (χ3v) is 6.73. The molecule has 2 N–H and O–H groups in total. The standard InChI is InChI=1S/C14H19ClN2O2S2/c1-9-4-3-5-10(2)17(9)21(18,19)13-7-6-11(14(16)20)8-12(13)15/h6-10H,3-5H2,1-2H3,(H2,16,20)/t9-,10+. The second-order valence-corrected chi connectivity index (χ2v) is 8.13. The third-order valence-electron chi connectivity index (χ3n) is 3.88. The van der Waals surface area contributed by atoms with Crippen LogP contribution in [0.5, 0.6) is 0 Å². The average molecular weight is 347 g/mol. The van der Waals surface area contributed by atoms with E-state index in [-0.39, 0.29) is 27.0 Å². The number of halogens is 1. The molecule has 7 heteroatoms. The summed E-state index contributed by atoms with van der Waals surface area (Å²) >= 11 is 11.0. The minimum Gasteiger partial charge on any atom is -0.389 e. The van der Waals surface area contributed by atoms with Crippen LogP contribution in [0, 0.1) is 0 Å². The summed E-state index contributed by atoms with van der Waals surface area (Å²) in [5.41, 5.74) is 6.11. The number of nitrogens with two attached hydrogens (primary N) is 1. The molecule has 1 heterocycles. The van der Waals surface area contributed by atoms with Gasteiger partial charge in [0.2, 0.25) is 10.0 Å². The van der Waals surface area contributed by atoms with Gasteiger partial charge in [0.25, 0.3) is 0 Å². The third kappa shape index (κ3) is 3.23. The van der Waals surface area contributed by atoms with Crippen molar-refractivity contribution < 1.29 is 8.42 Å². The highest BCUT2D eigenvalue weighted by molar-refractivity contribution is 7.89. The lowest BCUT2D eigenvalue weighted by atomic mass is 10.0. The first-order chi connectivity index (χ1) is 9.75. The van der Waals surface area contributed by atoms with Crippen molar-refractivity contribution in [3.63, 3.8) is 0 Å². The molecule has 1 saturated heterocycles. The summed E-state index contributed by atoms with van der Waals surface area (Å²) in [6, 6.07) is 4.55. The van der Waals surface area contributed by atoms with Crippen molar-refractivity contribution in [1.82, 2.24) is 4.31 Å². The number of sulfonamides is 1. The second kappa shape index (κ2) is 6.20. The Kier molecular flexibility index (Phi) is 4.92. The maximum Gasteiger partial charge on any atom is 0.245 e.